The first-order chi connectivity index (χ1) is 21.3. The quantitative estimate of drug-likeness (QED) is 0.292. The summed E-state index contributed by atoms with van der Waals surface area (Å²) in [4.78, 5) is 0. The summed E-state index contributed by atoms with van der Waals surface area (Å²) in [5.41, 5.74) is -0.412. The standard InChI is InChI=1S/C35H54O10/c1-6-21-29-28-17(2)35(40)32(4)12-10-22-20(23(32)14-34(35,45-29)41-16-33(21,5)44-28)8-7-18-13-19(9-11-31(18,22)3)42-30-27(39)26(38)25(37)24(15-36)43-30/h8,17-19,21-30,36-40H,6-7,9-16H2,1-5H3/t17-,18-,19-,21+,22+,23+,24-,25-,26+,27-,28+,29+,30+,31+,32+,33-,34+,35+/m1/s1. The van der Waals surface area contributed by atoms with Crippen LogP contribution in [-0.2, 0) is 23.7 Å². The van der Waals surface area contributed by atoms with E-state index in [9.17, 15) is 25.5 Å². The van der Waals surface area contributed by atoms with E-state index < -0.39 is 59.7 Å². The van der Waals surface area contributed by atoms with Gasteiger partial charge in [0.2, 0.25) is 0 Å². The number of rotatable bonds is 4. The van der Waals surface area contributed by atoms with Crippen LogP contribution in [-0.4, -0.2) is 105 Å². The van der Waals surface area contributed by atoms with Gasteiger partial charge in [-0.25, -0.2) is 0 Å². The van der Waals surface area contributed by atoms with Crippen LogP contribution in [0.2, 0.25) is 0 Å². The fraction of sp³-hybridized carbons (Fsp3) is 0.943. The molecular weight excluding hydrogens is 580 g/mol. The zero-order chi connectivity index (χ0) is 31.9. The van der Waals surface area contributed by atoms with Crippen molar-refractivity contribution in [3.8, 4) is 0 Å². The molecule has 0 amide bonds. The van der Waals surface area contributed by atoms with Crippen LogP contribution >= 0.6 is 0 Å². The van der Waals surface area contributed by atoms with E-state index in [2.05, 4.69) is 40.7 Å². The first-order valence-electron chi connectivity index (χ1n) is 17.6. The number of aliphatic hydroxyl groups is 5. The Labute approximate surface area is 266 Å². The Hall–Kier alpha value is -0.660. The van der Waals surface area contributed by atoms with Crippen LogP contribution < -0.4 is 0 Å². The lowest BCUT2D eigenvalue weighted by Crippen LogP contribution is -2.72. The summed E-state index contributed by atoms with van der Waals surface area (Å²) in [5.74, 6) is 0.0277. The number of fused-ring (bicyclic) bond motifs is 7. The number of hydrogen-bond donors (Lipinski definition) is 5. The normalized spacial score (nSPS) is 61.6. The average Bonchev–Trinajstić information content (AvgIpc) is 3.36. The van der Waals surface area contributed by atoms with E-state index in [0.29, 0.717) is 24.9 Å². The van der Waals surface area contributed by atoms with Gasteiger partial charge in [0.25, 0.3) is 0 Å². The highest BCUT2D eigenvalue weighted by Crippen LogP contribution is 2.74. The van der Waals surface area contributed by atoms with E-state index in [0.717, 1.165) is 44.9 Å². The molecule has 254 valence electrons. The molecule has 5 N–H and O–H groups in total. The molecule has 10 nitrogen and oxygen atoms in total. The third-order valence-corrected chi connectivity index (χ3v) is 15.0. The number of aliphatic hydroxyl groups excluding tert-OH is 4. The first-order valence-corrected chi connectivity index (χ1v) is 17.6. The van der Waals surface area contributed by atoms with Crippen molar-refractivity contribution in [2.24, 2.45) is 40.4 Å². The minimum Gasteiger partial charge on any atom is -0.394 e. The molecule has 4 saturated heterocycles. The third-order valence-electron chi connectivity index (χ3n) is 15.0. The second-order valence-electron chi connectivity index (χ2n) is 16.7. The van der Waals surface area contributed by atoms with Crippen molar-refractivity contribution in [2.75, 3.05) is 13.2 Å². The first kappa shape index (κ1) is 31.6. The highest BCUT2D eigenvalue weighted by molar-refractivity contribution is 5.35. The molecule has 10 heteroatoms. The molecule has 0 radical (unpaired) electrons. The van der Waals surface area contributed by atoms with Gasteiger partial charge < -0.3 is 49.2 Å². The van der Waals surface area contributed by atoms with E-state index >= 15 is 0 Å². The molecule has 3 saturated carbocycles. The molecule has 0 unspecified atom stereocenters. The minimum absolute atomic E-state index is 0.0690. The van der Waals surface area contributed by atoms with Crippen molar-refractivity contribution in [1.82, 2.24) is 0 Å². The molecule has 4 aliphatic carbocycles. The highest BCUT2D eigenvalue weighted by Gasteiger charge is 2.82. The van der Waals surface area contributed by atoms with Crippen LogP contribution in [0.3, 0.4) is 0 Å². The number of allylic oxidation sites excluding steroid dienone is 2. The summed E-state index contributed by atoms with van der Waals surface area (Å²) in [6.45, 7) is 11.2. The second-order valence-corrected chi connectivity index (χ2v) is 16.7. The van der Waals surface area contributed by atoms with Crippen LogP contribution in [0.5, 0.6) is 0 Å². The summed E-state index contributed by atoms with van der Waals surface area (Å²) in [5, 5.41) is 53.6. The summed E-state index contributed by atoms with van der Waals surface area (Å²) in [6.07, 6.45) is 2.78. The molecule has 1 spiro atoms. The molecule has 7 fully saturated rings. The van der Waals surface area contributed by atoms with E-state index in [1.165, 1.54) is 5.57 Å². The monoisotopic (exact) mass is 634 g/mol. The average molecular weight is 635 g/mol. The Kier molecular flexibility index (Phi) is 7.15. The van der Waals surface area contributed by atoms with Crippen LogP contribution in [0, 0.1) is 40.4 Å². The Balaban J connectivity index is 1.05. The van der Waals surface area contributed by atoms with E-state index in [1.54, 1.807) is 0 Å². The van der Waals surface area contributed by atoms with Crippen molar-refractivity contribution in [1.29, 1.82) is 0 Å². The van der Waals surface area contributed by atoms with Crippen LogP contribution in [0.1, 0.15) is 86.0 Å². The second kappa shape index (κ2) is 10.2. The zero-order valence-electron chi connectivity index (χ0n) is 27.4. The maximum absolute atomic E-state index is 13.0. The minimum atomic E-state index is -1.44. The lowest BCUT2D eigenvalue weighted by Gasteiger charge is -2.61. The Morgan fingerprint density at radius 2 is 1.76 bits per heavy atom. The number of ether oxygens (including phenoxy) is 5. The topological polar surface area (TPSA) is 147 Å². The lowest BCUT2D eigenvalue weighted by molar-refractivity contribution is -0.403. The van der Waals surface area contributed by atoms with Gasteiger partial charge in [-0.3, -0.25) is 0 Å². The molecular formula is C35H54O10. The van der Waals surface area contributed by atoms with Crippen molar-refractivity contribution >= 4 is 0 Å². The van der Waals surface area contributed by atoms with Crippen molar-refractivity contribution in [3.63, 3.8) is 0 Å². The molecule has 0 aromatic rings. The highest BCUT2D eigenvalue weighted by atomic mass is 16.8. The molecule has 18 atom stereocenters. The van der Waals surface area contributed by atoms with Crippen LogP contribution in [0.4, 0.5) is 0 Å². The van der Waals surface area contributed by atoms with Crippen molar-refractivity contribution in [3.05, 3.63) is 11.6 Å². The van der Waals surface area contributed by atoms with E-state index in [-0.39, 0.29) is 41.5 Å². The van der Waals surface area contributed by atoms with Gasteiger partial charge in [0.15, 0.2) is 12.1 Å². The predicted molar refractivity (Wildman–Crippen MR) is 160 cm³/mol. The zero-order valence-corrected chi connectivity index (χ0v) is 27.4. The van der Waals surface area contributed by atoms with Crippen LogP contribution in [0.25, 0.3) is 0 Å². The Morgan fingerprint density at radius 1 is 0.978 bits per heavy atom. The molecule has 0 aromatic heterocycles. The summed E-state index contributed by atoms with van der Waals surface area (Å²) in [6, 6.07) is 0. The van der Waals surface area contributed by atoms with Crippen molar-refractivity contribution < 1.29 is 49.2 Å². The Bertz CT molecular complexity index is 1230. The number of hydrogen-bond acceptors (Lipinski definition) is 10. The SMILES string of the molecule is CC[C@H]1[C@@H]2O[C@@]34C[C@H]5C6=CC[C@@H]7C[C@H](O[C@H]8O[C@H](CO)[C@@H](O)[C@H](O)[C@H]8O)CC[C@]7(C)[C@H]6CC[C@]5(C)[C@@]3(O)[C@H](C)[C@@H]2O[C@]1(C)CO4. The lowest BCUT2D eigenvalue weighted by atomic mass is 9.47. The summed E-state index contributed by atoms with van der Waals surface area (Å²) >= 11 is 0. The fourth-order valence-corrected chi connectivity index (χ4v) is 12.3. The van der Waals surface area contributed by atoms with Gasteiger partial charge in [-0.1, -0.05) is 39.3 Å². The van der Waals surface area contributed by atoms with Gasteiger partial charge in [-0.05, 0) is 75.0 Å². The maximum atomic E-state index is 13.0. The van der Waals surface area contributed by atoms with Gasteiger partial charge in [0.05, 0.1) is 37.1 Å². The van der Waals surface area contributed by atoms with Crippen LogP contribution in [0.15, 0.2) is 11.6 Å². The van der Waals surface area contributed by atoms with E-state index in [4.69, 9.17) is 23.7 Å². The molecule has 8 rings (SSSR count). The fourth-order valence-electron chi connectivity index (χ4n) is 12.3. The van der Waals surface area contributed by atoms with Gasteiger partial charge in [-0.2, -0.15) is 0 Å². The predicted octanol–water partition coefficient (Wildman–Crippen LogP) is 2.42. The van der Waals surface area contributed by atoms with E-state index in [1.807, 2.05) is 0 Å². The third kappa shape index (κ3) is 3.87. The smallest absolute Gasteiger partial charge is 0.199 e. The molecule has 3 bridgehead atoms. The largest absolute Gasteiger partial charge is 0.394 e. The summed E-state index contributed by atoms with van der Waals surface area (Å²) in [7, 11) is 0. The maximum Gasteiger partial charge on any atom is 0.199 e. The molecule has 8 aliphatic rings. The molecule has 0 aromatic carbocycles. The molecule has 4 heterocycles. The summed E-state index contributed by atoms with van der Waals surface area (Å²) < 4.78 is 32.5. The van der Waals surface area contributed by atoms with Gasteiger partial charge in [0, 0.05) is 23.7 Å². The molecule has 45 heavy (non-hydrogen) atoms. The molecule has 4 aliphatic heterocycles. The van der Waals surface area contributed by atoms with Gasteiger partial charge in [-0.15, -0.1) is 0 Å². The van der Waals surface area contributed by atoms with Crippen molar-refractivity contribution in [2.45, 2.75) is 152 Å². The van der Waals surface area contributed by atoms with Gasteiger partial charge in [0.1, 0.15) is 30.0 Å². The Morgan fingerprint density at radius 3 is 2.49 bits per heavy atom. The van der Waals surface area contributed by atoms with Gasteiger partial charge >= 0.3 is 0 Å².